The molecule has 1 aromatic heterocycles. The molecule has 9 nitrogen and oxygen atoms in total. The molecule has 2 aromatic rings. The van der Waals surface area contributed by atoms with Crippen molar-refractivity contribution in [3.63, 3.8) is 0 Å². The number of likely N-dealkylation sites (N-methyl/N-ethyl adjacent to an activating group) is 1. The zero-order valence-corrected chi connectivity index (χ0v) is 19.8. The van der Waals surface area contributed by atoms with E-state index in [4.69, 9.17) is 4.74 Å². The van der Waals surface area contributed by atoms with E-state index in [0.717, 1.165) is 31.5 Å². The van der Waals surface area contributed by atoms with Crippen LogP contribution in [0.15, 0.2) is 23.0 Å². The largest absolute Gasteiger partial charge is 0.449 e. The molecule has 1 fully saturated rings. The van der Waals surface area contributed by atoms with Crippen molar-refractivity contribution in [2.45, 2.75) is 64.6 Å². The average molecular weight is 476 g/mol. The second kappa shape index (κ2) is 9.24. The number of aromatic nitrogens is 2. The second-order valence-electron chi connectivity index (χ2n) is 8.76. The van der Waals surface area contributed by atoms with Gasteiger partial charge >= 0.3 is 5.97 Å². The fourth-order valence-electron chi connectivity index (χ4n) is 4.67. The third kappa shape index (κ3) is 4.80. The Hall–Kier alpha value is -2.75. The molecule has 1 saturated heterocycles. The predicted octanol–water partition coefficient (Wildman–Crippen LogP) is 1.70. The normalized spacial score (nSPS) is 20.6. The number of nitrogens with zero attached hydrogens (tertiary/aromatic N) is 3. The van der Waals surface area contributed by atoms with Gasteiger partial charge in [-0.1, -0.05) is 6.42 Å². The number of esters is 1. The summed E-state index contributed by atoms with van der Waals surface area (Å²) >= 11 is 0. The van der Waals surface area contributed by atoms with Gasteiger partial charge in [0, 0.05) is 25.6 Å². The van der Waals surface area contributed by atoms with Crippen LogP contribution in [-0.2, 0) is 32.3 Å². The molecule has 0 radical (unpaired) electrons. The Balaban J connectivity index is 1.52. The summed E-state index contributed by atoms with van der Waals surface area (Å²) in [5.74, 6) is -0.392. The van der Waals surface area contributed by atoms with E-state index in [1.54, 1.807) is 17.6 Å². The van der Waals surface area contributed by atoms with E-state index in [2.05, 4.69) is 4.98 Å². The minimum Gasteiger partial charge on any atom is -0.449 e. The lowest BCUT2D eigenvalue weighted by molar-refractivity contribution is -0.141. The van der Waals surface area contributed by atoms with Crippen LogP contribution in [0, 0.1) is 0 Å². The van der Waals surface area contributed by atoms with Crippen LogP contribution in [0.2, 0.25) is 0 Å². The molecule has 33 heavy (non-hydrogen) atoms. The number of hydrogen-bond donors (Lipinski definition) is 0. The molecule has 2 atom stereocenters. The first kappa shape index (κ1) is 23.4. The fourth-order valence-corrected chi connectivity index (χ4v) is 6.40. The molecule has 2 aliphatic rings. The standard InChI is InChI=1S/C23H29N3O6S/c1-3-25(17-10-12-33(30,31)14-17)21(27)15(2)32-23(29)16-8-9-18-19(13-16)24-20-7-5-4-6-11-26(20)22(18)28/h8-9,13,15,17H,3-7,10-12,14H2,1-2H3/t15-,17+/m1/s1. The lowest BCUT2D eigenvalue weighted by Crippen LogP contribution is -2.46. The number of benzene rings is 1. The van der Waals surface area contributed by atoms with Crippen LogP contribution in [0.4, 0.5) is 0 Å². The minimum absolute atomic E-state index is 0.0589. The molecule has 0 saturated carbocycles. The van der Waals surface area contributed by atoms with Gasteiger partial charge in [0.2, 0.25) is 0 Å². The number of carbonyl (C=O) groups is 2. The third-order valence-electron chi connectivity index (χ3n) is 6.46. The SMILES string of the molecule is CCN(C(=O)[C@@H](C)OC(=O)c1ccc2c(=O)n3c(nc2c1)CCCCC3)[C@H]1CCS(=O)(=O)C1. The maximum Gasteiger partial charge on any atom is 0.338 e. The average Bonchev–Trinajstić information content (AvgIpc) is 2.98. The van der Waals surface area contributed by atoms with Crippen molar-refractivity contribution in [1.82, 2.24) is 14.5 Å². The summed E-state index contributed by atoms with van der Waals surface area (Å²) in [4.78, 5) is 44.6. The summed E-state index contributed by atoms with van der Waals surface area (Å²) in [6, 6.07) is 4.22. The van der Waals surface area contributed by atoms with Crippen molar-refractivity contribution in [2.75, 3.05) is 18.1 Å². The minimum atomic E-state index is -3.15. The molecule has 1 amide bonds. The van der Waals surface area contributed by atoms with Crippen LogP contribution in [0.25, 0.3) is 10.9 Å². The highest BCUT2D eigenvalue weighted by atomic mass is 32.2. The number of hydrogen-bond acceptors (Lipinski definition) is 7. The van der Waals surface area contributed by atoms with Crippen molar-refractivity contribution in [3.05, 3.63) is 39.9 Å². The van der Waals surface area contributed by atoms with E-state index in [1.807, 2.05) is 0 Å². The van der Waals surface area contributed by atoms with E-state index >= 15 is 0 Å². The zero-order chi connectivity index (χ0) is 23.8. The molecule has 3 heterocycles. The van der Waals surface area contributed by atoms with E-state index in [-0.39, 0.29) is 22.6 Å². The molecule has 1 aromatic carbocycles. The lowest BCUT2D eigenvalue weighted by Gasteiger charge is -2.29. The maximum atomic E-state index is 12.9. The second-order valence-corrected chi connectivity index (χ2v) is 11.0. The Bertz CT molecular complexity index is 1250. The van der Waals surface area contributed by atoms with Gasteiger partial charge in [-0.15, -0.1) is 0 Å². The molecule has 0 bridgehead atoms. The van der Waals surface area contributed by atoms with E-state index in [0.29, 0.717) is 30.4 Å². The number of aryl methyl sites for hydroxylation is 1. The Kier molecular flexibility index (Phi) is 6.56. The number of rotatable bonds is 5. The van der Waals surface area contributed by atoms with Crippen LogP contribution >= 0.6 is 0 Å². The summed E-state index contributed by atoms with van der Waals surface area (Å²) in [7, 11) is -3.15. The lowest BCUT2D eigenvalue weighted by atomic mass is 10.1. The van der Waals surface area contributed by atoms with Crippen molar-refractivity contribution in [2.24, 2.45) is 0 Å². The molecule has 4 rings (SSSR count). The van der Waals surface area contributed by atoms with Gasteiger partial charge < -0.3 is 9.64 Å². The third-order valence-corrected chi connectivity index (χ3v) is 8.21. The molecule has 10 heteroatoms. The summed E-state index contributed by atoms with van der Waals surface area (Å²) in [6.07, 6.45) is 2.99. The molecule has 0 aliphatic carbocycles. The van der Waals surface area contributed by atoms with Gasteiger partial charge in [-0.25, -0.2) is 18.2 Å². The fraction of sp³-hybridized carbons (Fsp3) is 0.565. The van der Waals surface area contributed by atoms with Crippen molar-refractivity contribution < 1.29 is 22.7 Å². The van der Waals surface area contributed by atoms with Crippen LogP contribution in [0.5, 0.6) is 0 Å². The highest BCUT2D eigenvalue weighted by Gasteiger charge is 2.36. The first-order valence-electron chi connectivity index (χ1n) is 11.5. The molecule has 0 spiro atoms. The van der Waals surface area contributed by atoms with Crippen LogP contribution in [0.3, 0.4) is 0 Å². The smallest absolute Gasteiger partial charge is 0.338 e. The van der Waals surface area contributed by atoms with Crippen LogP contribution in [0.1, 0.15) is 55.7 Å². The number of sulfone groups is 1. The molecular formula is C23H29N3O6S. The summed E-state index contributed by atoms with van der Waals surface area (Å²) < 4.78 is 30.7. The van der Waals surface area contributed by atoms with Gasteiger partial charge in [-0.2, -0.15) is 0 Å². The molecule has 0 unspecified atom stereocenters. The summed E-state index contributed by atoms with van der Waals surface area (Å²) in [5, 5.41) is 0.445. The van der Waals surface area contributed by atoms with E-state index in [1.165, 1.54) is 24.0 Å². The zero-order valence-electron chi connectivity index (χ0n) is 19.0. The Morgan fingerprint density at radius 3 is 2.76 bits per heavy atom. The first-order valence-corrected chi connectivity index (χ1v) is 13.3. The number of ether oxygens (including phenoxy) is 1. The Morgan fingerprint density at radius 2 is 2.06 bits per heavy atom. The van der Waals surface area contributed by atoms with Gasteiger partial charge in [0.15, 0.2) is 15.9 Å². The molecular weight excluding hydrogens is 446 g/mol. The van der Waals surface area contributed by atoms with E-state index in [9.17, 15) is 22.8 Å². The monoisotopic (exact) mass is 475 g/mol. The summed E-state index contributed by atoms with van der Waals surface area (Å²) in [5.41, 5.74) is 0.539. The maximum absolute atomic E-state index is 12.9. The van der Waals surface area contributed by atoms with Gasteiger partial charge in [-0.05, 0) is 51.3 Å². The number of fused-ring (bicyclic) bond motifs is 2. The van der Waals surface area contributed by atoms with Crippen molar-refractivity contribution in [1.29, 1.82) is 0 Å². The number of amides is 1. The topological polar surface area (TPSA) is 116 Å². The molecule has 2 aliphatic heterocycles. The Morgan fingerprint density at radius 1 is 1.27 bits per heavy atom. The predicted molar refractivity (Wildman–Crippen MR) is 123 cm³/mol. The van der Waals surface area contributed by atoms with Gasteiger partial charge in [0.05, 0.1) is 28.0 Å². The highest BCUT2D eigenvalue weighted by Crippen LogP contribution is 2.20. The summed E-state index contributed by atoms with van der Waals surface area (Å²) in [6.45, 7) is 4.23. The molecule has 0 N–H and O–H groups in total. The highest BCUT2D eigenvalue weighted by molar-refractivity contribution is 7.91. The van der Waals surface area contributed by atoms with Gasteiger partial charge in [0.25, 0.3) is 11.5 Å². The quantitative estimate of drug-likeness (QED) is 0.605. The van der Waals surface area contributed by atoms with E-state index < -0.39 is 33.9 Å². The first-order chi connectivity index (χ1) is 15.7. The molecule has 178 valence electrons. The van der Waals surface area contributed by atoms with Crippen LogP contribution < -0.4 is 5.56 Å². The van der Waals surface area contributed by atoms with Crippen molar-refractivity contribution in [3.8, 4) is 0 Å². The van der Waals surface area contributed by atoms with Crippen molar-refractivity contribution >= 4 is 32.6 Å². The van der Waals surface area contributed by atoms with Crippen LogP contribution in [-0.4, -0.2) is 64.9 Å². The number of carbonyl (C=O) groups excluding carboxylic acids is 2. The van der Waals surface area contributed by atoms with Gasteiger partial charge in [0.1, 0.15) is 5.82 Å². The Labute approximate surface area is 192 Å². The van der Waals surface area contributed by atoms with Gasteiger partial charge in [-0.3, -0.25) is 14.2 Å².